The van der Waals surface area contributed by atoms with E-state index in [2.05, 4.69) is 25.4 Å². The van der Waals surface area contributed by atoms with Crippen LogP contribution in [0.2, 0.25) is 0 Å². The maximum absolute atomic E-state index is 13.3. The van der Waals surface area contributed by atoms with Crippen molar-refractivity contribution in [3.05, 3.63) is 53.8 Å². The Kier molecular flexibility index (Phi) is 5.80. The van der Waals surface area contributed by atoms with E-state index in [1.165, 1.54) is 0 Å². The molecule has 1 aromatic rings. The largest absolute Gasteiger partial charge is 0.490 e. The highest BCUT2D eigenvalue weighted by Crippen LogP contribution is 2.47. The zero-order valence-electron chi connectivity index (χ0n) is 17.9. The van der Waals surface area contributed by atoms with Crippen LogP contribution in [0, 0.1) is 5.41 Å². The van der Waals surface area contributed by atoms with Crippen LogP contribution in [-0.2, 0) is 14.3 Å². The quantitative estimate of drug-likeness (QED) is 0.696. The number of carbonyl (C=O) groups is 2. The van der Waals surface area contributed by atoms with Gasteiger partial charge in [-0.3, -0.25) is 9.59 Å². The molecule has 6 heteroatoms. The molecule has 30 heavy (non-hydrogen) atoms. The molecule has 1 saturated heterocycles. The van der Waals surface area contributed by atoms with E-state index in [0.29, 0.717) is 52.2 Å². The lowest BCUT2D eigenvalue weighted by Gasteiger charge is -2.47. The molecular formula is C24H30N2O4. The number of allylic oxidation sites excluding steroid dienone is 2. The van der Waals surface area contributed by atoms with Crippen LogP contribution in [0.3, 0.4) is 0 Å². The fraction of sp³-hybridized carbons (Fsp3) is 0.500. The molecule has 0 radical (unpaired) electrons. The molecule has 0 N–H and O–H groups in total. The molecule has 0 spiro atoms. The van der Waals surface area contributed by atoms with Gasteiger partial charge in [0.05, 0.1) is 13.2 Å². The van der Waals surface area contributed by atoms with Gasteiger partial charge in [0.25, 0.3) is 0 Å². The Morgan fingerprint density at radius 1 is 1.17 bits per heavy atom. The van der Waals surface area contributed by atoms with Crippen molar-refractivity contribution in [2.75, 3.05) is 32.9 Å². The lowest BCUT2D eigenvalue weighted by Crippen LogP contribution is -2.55. The number of hydrogen-bond acceptors (Lipinski definition) is 5. The summed E-state index contributed by atoms with van der Waals surface area (Å²) in [4.78, 5) is 26.6. The van der Waals surface area contributed by atoms with Crippen LogP contribution < -0.4 is 4.74 Å². The SMILES string of the molecule is C=CCOc1ccc(C2CC(=O)N(N3CCOCC3)C3=C2C(=O)CC(C)(C)C3)cc1. The molecule has 1 atom stereocenters. The number of nitrogens with zero attached hydrogens (tertiary/aromatic N) is 2. The zero-order valence-corrected chi connectivity index (χ0v) is 17.9. The molecule has 1 amide bonds. The number of ether oxygens (including phenoxy) is 2. The Balaban J connectivity index is 1.72. The van der Waals surface area contributed by atoms with E-state index in [1.54, 1.807) is 11.1 Å². The van der Waals surface area contributed by atoms with Crippen molar-refractivity contribution in [1.29, 1.82) is 0 Å². The van der Waals surface area contributed by atoms with E-state index >= 15 is 0 Å². The number of carbonyl (C=O) groups excluding carboxylic acids is 2. The van der Waals surface area contributed by atoms with Gasteiger partial charge < -0.3 is 9.47 Å². The molecule has 0 aromatic heterocycles. The van der Waals surface area contributed by atoms with Crippen LogP contribution in [0.15, 0.2) is 48.2 Å². The number of hydrogen-bond donors (Lipinski definition) is 0. The fourth-order valence-electron chi connectivity index (χ4n) is 4.72. The molecule has 6 nitrogen and oxygen atoms in total. The smallest absolute Gasteiger partial charge is 0.242 e. The van der Waals surface area contributed by atoms with Gasteiger partial charge in [0.1, 0.15) is 12.4 Å². The summed E-state index contributed by atoms with van der Waals surface area (Å²) in [6, 6.07) is 7.74. The van der Waals surface area contributed by atoms with Crippen molar-refractivity contribution in [3.63, 3.8) is 0 Å². The highest BCUT2D eigenvalue weighted by Gasteiger charge is 2.45. The second-order valence-corrected chi connectivity index (χ2v) is 9.00. The minimum Gasteiger partial charge on any atom is -0.490 e. The van der Waals surface area contributed by atoms with Gasteiger partial charge >= 0.3 is 0 Å². The molecule has 3 aliphatic rings. The summed E-state index contributed by atoms with van der Waals surface area (Å²) in [6.07, 6.45) is 3.23. The molecule has 4 rings (SSSR count). The van der Waals surface area contributed by atoms with Gasteiger partial charge in [-0.25, -0.2) is 10.0 Å². The van der Waals surface area contributed by atoms with Gasteiger partial charge in [-0.05, 0) is 29.5 Å². The van der Waals surface area contributed by atoms with Crippen LogP contribution >= 0.6 is 0 Å². The summed E-state index contributed by atoms with van der Waals surface area (Å²) >= 11 is 0. The van der Waals surface area contributed by atoms with Crippen molar-refractivity contribution >= 4 is 11.7 Å². The number of hydrazine groups is 1. The first-order valence-corrected chi connectivity index (χ1v) is 10.6. The Labute approximate surface area is 178 Å². The number of morpholine rings is 1. The molecule has 1 aromatic carbocycles. The van der Waals surface area contributed by atoms with Gasteiger partial charge in [0, 0.05) is 43.1 Å². The summed E-state index contributed by atoms with van der Waals surface area (Å²) in [5.41, 5.74) is 2.51. The van der Waals surface area contributed by atoms with Crippen LogP contribution in [0.25, 0.3) is 0 Å². The lowest BCUT2D eigenvalue weighted by molar-refractivity contribution is -0.154. The van der Waals surface area contributed by atoms with Crippen LogP contribution in [0.5, 0.6) is 5.75 Å². The summed E-state index contributed by atoms with van der Waals surface area (Å²) < 4.78 is 11.1. The molecule has 2 heterocycles. The maximum Gasteiger partial charge on any atom is 0.242 e. The molecular weight excluding hydrogens is 380 g/mol. The molecule has 2 aliphatic heterocycles. The summed E-state index contributed by atoms with van der Waals surface area (Å²) in [5.74, 6) is 0.755. The number of rotatable bonds is 5. The van der Waals surface area contributed by atoms with Crippen LogP contribution in [0.1, 0.15) is 44.6 Å². The fourth-order valence-corrected chi connectivity index (χ4v) is 4.72. The minimum absolute atomic E-state index is 0.0538. The predicted molar refractivity (Wildman–Crippen MR) is 114 cm³/mol. The van der Waals surface area contributed by atoms with E-state index < -0.39 is 0 Å². The van der Waals surface area contributed by atoms with E-state index in [1.807, 2.05) is 24.3 Å². The van der Waals surface area contributed by atoms with Gasteiger partial charge in [-0.1, -0.05) is 38.6 Å². The van der Waals surface area contributed by atoms with Gasteiger partial charge in [0.15, 0.2) is 5.78 Å². The summed E-state index contributed by atoms with van der Waals surface area (Å²) in [7, 11) is 0. The highest BCUT2D eigenvalue weighted by atomic mass is 16.5. The minimum atomic E-state index is -0.207. The number of ketones is 1. The maximum atomic E-state index is 13.3. The normalized spacial score (nSPS) is 24.6. The Bertz CT molecular complexity index is 866. The van der Waals surface area contributed by atoms with Crippen molar-refractivity contribution in [1.82, 2.24) is 10.0 Å². The third kappa shape index (κ3) is 4.07. The first-order chi connectivity index (χ1) is 14.4. The van der Waals surface area contributed by atoms with Gasteiger partial charge in [0.2, 0.25) is 5.91 Å². The topological polar surface area (TPSA) is 59.1 Å². The monoisotopic (exact) mass is 410 g/mol. The first kappa shape index (κ1) is 20.8. The van der Waals surface area contributed by atoms with Crippen molar-refractivity contribution in [2.45, 2.75) is 39.0 Å². The van der Waals surface area contributed by atoms with E-state index in [0.717, 1.165) is 22.6 Å². The van der Waals surface area contributed by atoms with E-state index in [4.69, 9.17) is 9.47 Å². The van der Waals surface area contributed by atoms with E-state index in [-0.39, 0.29) is 23.0 Å². The standard InChI is InChI=1S/C24H30N2O4/c1-4-11-30-18-7-5-17(6-8-18)19-14-22(28)26(25-9-12-29-13-10-25)20-15-24(2,3)16-21(27)23(19)20/h4-8,19H,1,9-16H2,2-3H3. The number of benzene rings is 1. The molecule has 0 bridgehead atoms. The second-order valence-electron chi connectivity index (χ2n) is 9.00. The van der Waals surface area contributed by atoms with Gasteiger partial charge in [-0.2, -0.15) is 0 Å². The van der Waals surface area contributed by atoms with Crippen molar-refractivity contribution in [2.24, 2.45) is 5.41 Å². The Morgan fingerprint density at radius 2 is 1.87 bits per heavy atom. The Morgan fingerprint density at radius 3 is 2.53 bits per heavy atom. The van der Waals surface area contributed by atoms with Gasteiger partial charge in [-0.15, -0.1) is 0 Å². The Hall–Kier alpha value is -2.44. The highest BCUT2D eigenvalue weighted by molar-refractivity contribution is 6.02. The van der Waals surface area contributed by atoms with Crippen molar-refractivity contribution < 1.29 is 19.1 Å². The molecule has 160 valence electrons. The van der Waals surface area contributed by atoms with Crippen molar-refractivity contribution in [3.8, 4) is 5.75 Å². The molecule has 1 fully saturated rings. The van der Waals surface area contributed by atoms with E-state index in [9.17, 15) is 9.59 Å². The first-order valence-electron chi connectivity index (χ1n) is 10.6. The number of amides is 1. The molecule has 1 aliphatic carbocycles. The summed E-state index contributed by atoms with van der Waals surface area (Å²) in [5, 5.41) is 3.85. The zero-order chi connectivity index (χ0) is 21.3. The average Bonchev–Trinajstić information content (AvgIpc) is 2.71. The molecule has 0 saturated carbocycles. The lowest BCUT2D eigenvalue weighted by atomic mass is 9.69. The van der Waals surface area contributed by atoms with Crippen LogP contribution in [0.4, 0.5) is 0 Å². The predicted octanol–water partition coefficient (Wildman–Crippen LogP) is 3.46. The number of Topliss-reactive ketones (excluding diaryl/α,β-unsaturated/α-hetero) is 1. The average molecular weight is 411 g/mol. The third-order valence-electron chi connectivity index (χ3n) is 6.04. The molecule has 1 unspecified atom stereocenters. The van der Waals surface area contributed by atoms with Crippen LogP contribution in [-0.4, -0.2) is 54.6 Å². The summed E-state index contributed by atoms with van der Waals surface area (Å²) in [6.45, 7) is 10.8. The second kappa shape index (κ2) is 8.36. The third-order valence-corrected chi connectivity index (χ3v) is 6.04.